The van der Waals surface area contributed by atoms with Crippen LogP contribution in [-0.2, 0) is 10.0 Å². The number of ether oxygens (including phenoxy) is 3. The van der Waals surface area contributed by atoms with Gasteiger partial charge in [0.2, 0.25) is 27.5 Å². The van der Waals surface area contributed by atoms with E-state index in [9.17, 15) is 8.42 Å². The van der Waals surface area contributed by atoms with Crippen LogP contribution >= 0.6 is 11.6 Å². The summed E-state index contributed by atoms with van der Waals surface area (Å²) in [4.78, 5) is 4.71. The number of aromatic nitrogens is 2. The molecule has 4 rings (SSSR count). The average Bonchev–Trinajstić information content (AvgIpc) is 3.33. The third kappa shape index (κ3) is 4.64. The van der Waals surface area contributed by atoms with Gasteiger partial charge < -0.3 is 18.7 Å². The molecule has 1 fully saturated rings. The minimum Gasteiger partial charge on any atom is -0.493 e. The Morgan fingerprint density at radius 3 is 2.45 bits per heavy atom. The van der Waals surface area contributed by atoms with Crippen LogP contribution in [-0.4, -0.2) is 57.3 Å². The fourth-order valence-corrected chi connectivity index (χ4v) is 5.69. The van der Waals surface area contributed by atoms with Gasteiger partial charge >= 0.3 is 0 Å². The molecule has 0 bridgehead atoms. The Labute approximate surface area is 197 Å². The summed E-state index contributed by atoms with van der Waals surface area (Å²) in [5, 5.41) is 4.47. The summed E-state index contributed by atoms with van der Waals surface area (Å²) >= 11 is 6.00. The van der Waals surface area contributed by atoms with Crippen LogP contribution in [0.2, 0.25) is 5.02 Å². The second-order valence-corrected chi connectivity index (χ2v) is 9.90. The van der Waals surface area contributed by atoms with Gasteiger partial charge in [-0.3, -0.25) is 0 Å². The molecule has 0 N–H and O–H groups in total. The van der Waals surface area contributed by atoms with Crippen LogP contribution in [0.15, 0.2) is 45.8 Å². The van der Waals surface area contributed by atoms with Crippen LogP contribution < -0.4 is 14.2 Å². The molecule has 1 aromatic heterocycles. The highest BCUT2D eigenvalue weighted by atomic mass is 35.5. The van der Waals surface area contributed by atoms with Crippen LogP contribution in [0.4, 0.5) is 0 Å². The van der Waals surface area contributed by atoms with Gasteiger partial charge in [-0.1, -0.05) is 22.8 Å². The molecular weight excluding hydrogens is 470 g/mol. The van der Waals surface area contributed by atoms with E-state index < -0.39 is 10.0 Å². The third-order valence-corrected chi connectivity index (χ3v) is 7.63. The zero-order chi connectivity index (χ0) is 23.6. The maximum atomic E-state index is 13.1. The van der Waals surface area contributed by atoms with Crippen molar-refractivity contribution in [3.05, 3.63) is 47.3 Å². The first-order valence-electron chi connectivity index (χ1n) is 10.3. The molecule has 1 aliphatic heterocycles. The molecule has 1 saturated heterocycles. The number of piperidine rings is 1. The highest BCUT2D eigenvalue weighted by Crippen LogP contribution is 2.41. The van der Waals surface area contributed by atoms with Gasteiger partial charge in [-0.05, 0) is 43.2 Å². The van der Waals surface area contributed by atoms with Crippen molar-refractivity contribution in [3.63, 3.8) is 0 Å². The lowest BCUT2D eigenvalue weighted by Gasteiger charge is -2.30. The molecule has 0 unspecified atom stereocenters. The molecule has 3 aromatic rings. The highest BCUT2D eigenvalue weighted by Gasteiger charge is 2.33. The molecule has 0 saturated carbocycles. The van der Waals surface area contributed by atoms with E-state index in [-0.39, 0.29) is 17.4 Å². The first kappa shape index (κ1) is 23.3. The summed E-state index contributed by atoms with van der Waals surface area (Å²) in [7, 11) is 0.897. The van der Waals surface area contributed by atoms with E-state index in [0.29, 0.717) is 52.5 Å². The average molecular weight is 494 g/mol. The van der Waals surface area contributed by atoms with Crippen LogP contribution in [0.3, 0.4) is 0 Å². The highest BCUT2D eigenvalue weighted by molar-refractivity contribution is 7.89. The van der Waals surface area contributed by atoms with Crippen molar-refractivity contribution < 1.29 is 27.2 Å². The van der Waals surface area contributed by atoms with Gasteiger partial charge in [-0.15, -0.1) is 0 Å². The maximum Gasteiger partial charge on any atom is 0.243 e. The molecule has 0 spiro atoms. The largest absolute Gasteiger partial charge is 0.493 e. The maximum absolute atomic E-state index is 13.1. The van der Waals surface area contributed by atoms with E-state index in [1.54, 1.807) is 30.3 Å². The number of hydrogen-bond donors (Lipinski definition) is 0. The Hall–Kier alpha value is -2.82. The van der Waals surface area contributed by atoms with Crippen molar-refractivity contribution in [2.24, 2.45) is 0 Å². The van der Waals surface area contributed by atoms with Crippen molar-refractivity contribution in [2.75, 3.05) is 34.4 Å². The van der Waals surface area contributed by atoms with Gasteiger partial charge in [0.15, 0.2) is 11.5 Å². The SMILES string of the molecule is COc1cc(-c2noc([C@@H]3CCCN(S(=O)(=O)c4cccc(Cl)c4)C3)n2)cc(OC)c1OC. The molecule has 0 amide bonds. The van der Waals surface area contributed by atoms with Crippen molar-refractivity contribution in [3.8, 4) is 28.6 Å². The molecular formula is C22H24ClN3O6S. The van der Waals surface area contributed by atoms with E-state index in [1.807, 2.05) is 0 Å². The lowest BCUT2D eigenvalue weighted by atomic mass is 10.00. The fraction of sp³-hybridized carbons (Fsp3) is 0.364. The van der Waals surface area contributed by atoms with Crippen molar-refractivity contribution in [1.82, 2.24) is 14.4 Å². The smallest absolute Gasteiger partial charge is 0.243 e. The summed E-state index contributed by atoms with van der Waals surface area (Å²) in [6.45, 7) is 0.658. The molecule has 11 heteroatoms. The van der Waals surface area contributed by atoms with E-state index >= 15 is 0 Å². The number of benzene rings is 2. The second-order valence-electron chi connectivity index (χ2n) is 7.53. The number of rotatable bonds is 7. The van der Waals surface area contributed by atoms with Gasteiger partial charge in [0.05, 0.1) is 32.1 Å². The summed E-state index contributed by atoms with van der Waals surface area (Å²) < 4.78 is 49.3. The molecule has 1 atom stereocenters. The Morgan fingerprint density at radius 2 is 1.82 bits per heavy atom. The van der Waals surface area contributed by atoms with E-state index in [0.717, 1.165) is 6.42 Å². The molecule has 176 valence electrons. The number of nitrogens with zero attached hydrogens (tertiary/aromatic N) is 3. The monoisotopic (exact) mass is 493 g/mol. The van der Waals surface area contributed by atoms with Crippen LogP contribution in [0.25, 0.3) is 11.4 Å². The van der Waals surface area contributed by atoms with Crippen LogP contribution in [0.1, 0.15) is 24.7 Å². The number of halogens is 1. The topological polar surface area (TPSA) is 104 Å². The summed E-state index contributed by atoms with van der Waals surface area (Å²) in [5.74, 6) is 1.89. The van der Waals surface area contributed by atoms with E-state index in [4.69, 9.17) is 30.3 Å². The first-order chi connectivity index (χ1) is 15.9. The molecule has 2 heterocycles. The van der Waals surface area contributed by atoms with Crippen molar-refractivity contribution >= 4 is 21.6 Å². The zero-order valence-corrected chi connectivity index (χ0v) is 20.0. The Bertz CT molecular complexity index is 1220. The van der Waals surface area contributed by atoms with Gasteiger partial charge in [0.1, 0.15) is 0 Å². The first-order valence-corrected chi connectivity index (χ1v) is 12.1. The molecule has 1 aliphatic rings. The molecule has 0 aliphatic carbocycles. The Kier molecular flexibility index (Phi) is 6.78. The normalized spacial score (nSPS) is 17.0. The molecule has 9 nitrogen and oxygen atoms in total. The number of methoxy groups -OCH3 is 3. The summed E-state index contributed by atoms with van der Waals surface area (Å²) in [6.07, 6.45) is 1.41. The lowest BCUT2D eigenvalue weighted by Crippen LogP contribution is -2.39. The second kappa shape index (κ2) is 9.58. The standard InChI is InChI=1S/C22H24ClN3O6S/c1-29-18-10-15(11-19(30-2)20(18)31-3)21-24-22(32-25-21)14-6-5-9-26(13-14)33(27,28)17-8-4-7-16(23)12-17/h4,7-8,10-12,14H,5-6,9,13H2,1-3H3/t14-/m1/s1. The quantitative estimate of drug-likeness (QED) is 0.486. The predicted molar refractivity (Wildman–Crippen MR) is 122 cm³/mol. The van der Waals surface area contributed by atoms with Gasteiger partial charge in [0.25, 0.3) is 0 Å². The van der Waals surface area contributed by atoms with Crippen LogP contribution in [0, 0.1) is 0 Å². The molecule has 2 aromatic carbocycles. The van der Waals surface area contributed by atoms with Gasteiger partial charge in [-0.2, -0.15) is 9.29 Å². The lowest BCUT2D eigenvalue weighted by molar-refractivity contribution is 0.265. The Balaban J connectivity index is 1.59. The van der Waals surface area contributed by atoms with Gasteiger partial charge in [-0.25, -0.2) is 8.42 Å². The molecule has 0 radical (unpaired) electrons. The third-order valence-electron chi connectivity index (χ3n) is 5.53. The summed E-state index contributed by atoms with van der Waals surface area (Å²) in [6, 6.07) is 9.72. The zero-order valence-electron chi connectivity index (χ0n) is 18.4. The van der Waals surface area contributed by atoms with Crippen molar-refractivity contribution in [1.29, 1.82) is 0 Å². The Morgan fingerprint density at radius 1 is 1.09 bits per heavy atom. The van der Waals surface area contributed by atoms with E-state index in [1.165, 1.54) is 31.7 Å². The minimum atomic E-state index is -3.68. The summed E-state index contributed by atoms with van der Waals surface area (Å²) in [5.41, 5.74) is 0.624. The van der Waals surface area contributed by atoms with Crippen molar-refractivity contribution in [2.45, 2.75) is 23.7 Å². The van der Waals surface area contributed by atoms with Gasteiger partial charge in [0, 0.05) is 23.7 Å². The fourth-order valence-electron chi connectivity index (χ4n) is 3.87. The number of sulfonamides is 1. The predicted octanol–water partition coefficient (Wildman–Crippen LogP) is 3.98. The molecule has 33 heavy (non-hydrogen) atoms. The number of hydrogen-bond acceptors (Lipinski definition) is 8. The van der Waals surface area contributed by atoms with E-state index in [2.05, 4.69) is 10.1 Å². The van der Waals surface area contributed by atoms with Crippen LogP contribution in [0.5, 0.6) is 17.2 Å². The minimum absolute atomic E-state index is 0.166.